The number of carbonyl (C=O) groups excluding carboxylic acids is 2. The van der Waals surface area contributed by atoms with Gasteiger partial charge < -0.3 is 9.80 Å². The van der Waals surface area contributed by atoms with E-state index in [1.807, 2.05) is 60.5 Å². The molecule has 0 radical (unpaired) electrons. The molecule has 1 aliphatic rings. The maximum absolute atomic E-state index is 12.7. The molecule has 0 atom stereocenters. The SMILES string of the molecule is CN(Cc1ccc(Cl)cc1)C(=O)C1CCN(c2ccc(C=O)cc2)CC1. The molecule has 1 amide bonds. The highest BCUT2D eigenvalue weighted by molar-refractivity contribution is 6.30. The molecule has 1 saturated heterocycles. The fourth-order valence-corrected chi connectivity index (χ4v) is 3.53. The maximum Gasteiger partial charge on any atom is 0.225 e. The Morgan fingerprint density at radius 2 is 1.73 bits per heavy atom. The normalized spacial score (nSPS) is 14.9. The van der Waals surface area contributed by atoms with Gasteiger partial charge in [0.25, 0.3) is 0 Å². The van der Waals surface area contributed by atoms with Crippen molar-refractivity contribution in [1.82, 2.24) is 4.90 Å². The minimum absolute atomic E-state index is 0.0674. The summed E-state index contributed by atoms with van der Waals surface area (Å²) in [5, 5.41) is 0.705. The van der Waals surface area contributed by atoms with E-state index in [-0.39, 0.29) is 11.8 Å². The fourth-order valence-electron chi connectivity index (χ4n) is 3.40. The summed E-state index contributed by atoms with van der Waals surface area (Å²) in [7, 11) is 1.86. The number of piperidine rings is 1. The summed E-state index contributed by atoms with van der Waals surface area (Å²) in [5.74, 6) is 0.272. The summed E-state index contributed by atoms with van der Waals surface area (Å²) >= 11 is 5.91. The smallest absolute Gasteiger partial charge is 0.225 e. The van der Waals surface area contributed by atoms with Gasteiger partial charge in [0.2, 0.25) is 5.91 Å². The van der Waals surface area contributed by atoms with Crippen LogP contribution in [0.3, 0.4) is 0 Å². The monoisotopic (exact) mass is 370 g/mol. The number of nitrogens with zero attached hydrogens (tertiary/aromatic N) is 2. The van der Waals surface area contributed by atoms with Gasteiger partial charge in [0.1, 0.15) is 6.29 Å². The van der Waals surface area contributed by atoms with E-state index in [0.29, 0.717) is 17.1 Å². The molecule has 0 unspecified atom stereocenters. The van der Waals surface area contributed by atoms with Gasteiger partial charge in [-0.15, -0.1) is 0 Å². The molecule has 0 saturated carbocycles. The number of aldehydes is 1. The molecule has 2 aromatic rings. The van der Waals surface area contributed by atoms with Crippen LogP contribution in [0.1, 0.15) is 28.8 Å². The number of anilines is 1. The second kappa shape index (κ2) is 8.37. The number of halogens is 1. The van der Waals surface area contributed by atoms with E-state index < -0.39 is 0 Å². The van der Waals surface area contributed by atoms with E-state index in [1.165, 1.54) is 0 Å². The number of benzene rings is 2. The molecule has 1 heterocycles. The van der Waals surface area contributed by atoms with Crippen LogP contribution >= 0.6 is 11.6 Å². The van der Waals surface area contributed by atoms with Gasteiger partial charge in [0, 0.05) is 48.9 Å². The van der Waals surface area contributed by atoms with Crippen LogP contribution in [0.2, 0.25) is 5.02 Å². The summed E-state index contributed by atoms with van der Waals surface area (Å²) in [6.45, 7) is 2.31. The highest BCUT2D eigenvalue weighted by Gasteiger charge is 2.27. The molecule has 0 N–H and O–H groups in total. The van der Waals surface area contributed by atoms with Crippen LogP contribution in [-0.2, 0) is 11.3 Å². The molecule has 26 heavy (non-hydrogen) atoms. The first-order valence-corrected chi connectivity index (χ1v) is 9.24. The molecule has 5 heteroatoms. The van der Waals surface area contributed by atoms with Crippen molar-refractivity contribution in [1.29, 1.82) is 0 Å². The summed E-state index contributed by atoms with van der Waals surface area (Å²) in [6, 6.07) is 15.2. The first-order chi connectivity index (χ1) is 12.6. The lowest BCUT2D eigenvalue weighted by Gasteiger charge is -2.34. The second-order valence-corrected chi connectivity index (χ2v) is 7.23. The van der Waals surface area contributed by atoms with Gasteiger partial charge in [-0.3, -0.25) is 9.59 Å². The van der Waals surface area contributed by atoms with Gasteiger partial charge in [0.05, 0.1) is 0 Å². The number of amides is 1. The van der Waals surface area contributed by atoms with Crippen LogP contribution in [-0.4, -0.2) is 37.2 Å². The number of hydrogen-bond acceptors (Lipinski definition) is 3. The van der Waals surface area contributed by atoms with Crippen molar-refractivity contribution in [3.05, 3.63) is 64.7 Å². The predicted octanol–water partition coefficient (Wildman–Crippen LogP) is 4.03. The summed E-state index contributed by atoms with van der Waals surface area (Å²) in [6.07, 6.45) is 2.55. The van der Waals surface area contributed by atoms with E-state index in [0.717, 1.165) is 43.5 Å². The Balaban J connectivity index is 1.53. The highest BCUT2D eigenvalue weighted by atomic mass is 35.5. The van der Waals surface area contributed by atoms with E-state index in [1.54, 1.807) is 0 Å². The Morgan fingerprint density at radius 3 is 2.31 bits per heavy atom. The lowest BCUT2D eigenvalue weighted by atomic mass is 9.94. The number of carbonyl (C=O) groups is 2. The topological polar surface area (TPSA) is 40.6 Å². The first-order valence-electron chi connectivity index (χ1n) is 8.86. The van der Waals surface area contributed by atoms with Crippen molar-refractivity contribution in [2.24, 2.45) is 5.92 Å². The molecule has 3 rings (SSSR count). The van der Waals surface area contributed by atoms with Gasteiger partial charge in [-0.25, -0.2) is 0 Å². The van der Waals surface area contributed by atoms with E-state index in [4.69, 9.17) is 11.6 Å². The molecule has 4 nitrogen and oxygen atoms in total. The molecule has 2 aromatic carbocycles. The molecule has 0 aliphatic carbocycles. The summed E-state index contributed by atoms with van der Waals surface area (Å²) < 4.78 is 0. The van der Waals surface area contributed by atoms with Crippen molar-refractivity contribution in [3.63, 3.8) is 0 Å². The molecule has 0 aromatic heterocycles. The van der Waals surface area contributed by atoms with E-state index in [9.17, 15) is 9.59 Å². The number of rotatable bonds is 5. The van der Waals surface area contributed by atoms with Crippen LogP contribution in [0.4, 0.5) is 5.69 Å². The van der Waals surface area contributed by atoms with Crippen molar-refractivity contribution in [2.75, 3.05) is 25.0 Å². The van der Waals surface area contributed by atoms with Crippen LogP contribution in [0, 0.1) is 5.92 Å². The lowest BCUT2D eigenvalue weighted by molar-refractivity contribution is -0.135. The third-order valence-corrected chi connectivity index (χ3v) is 5.20. The zero-order chi connectivity index (χ0) is 18.5. The zero-order valence-corrected chi connectivity index (χ0v) is 15.7. The first kappa shape index (κ1) is 18.5. The largest absolute Gasteiger partial charge is 0.371 e. The maximum atomic E-state index is 12.7. The zero-order valence-electron chi connectivity index (χ0n) is 14.9. The fraction of sp³-hybridized carbons (Fsp3) is 0.333. The molecule has 0 spiro atoms. The van der Waals surface area contributed by atoms with Crippen LogP contribution < -0.4 is 4.90 Å². The van der Waals surface area contributed by atoms with E-state index in [2.05, 4.69) is 4.90 Å². The van der Waals surface area contributed by atoms with Crippen molar-refractivity contribution >= 4 is 29.5 Å². The van der Waals surface area contributed by atoms with Crippen molar-refractivity contribution < 1.29 is 9.59 Å². The van der Waals surface area contributed by atoms with Crippen molar-refractivity contribution in [2.45, 2.75) is 19.4 Å². The third kappa shape index (κ3) is 4.44. The Bertz CT molecular complexity index is 751. The van der Waals surface area contributed by atoms with Crippen LogP contribution in [0.25, 0.3) is 0 Å². The molecular weight excluding hydrogens is 348 g/mol. The molecule has 1 fully saturated rings. The Labute approximate surface area is 159 Å². The van der Waals surface area contributed by atoms with Crippen molar-refractivity contribution in [3.8, 4) is 0 Å². The minimum atomic E-state index is 0.0674. The molecule has 136 valence electrons. The number of hydrogen-bond donors (Lipinski definition) is 0. The second-order valence-electron chi connectivity index (χ2n) is 6.79. The van der Waals surface area contributed by atoms with Crippen LogP contribution in [0.5, 0.6) is 0 Å². The summed E-state index contributed by atoms with van der Waals surface area (Å²) in [5.41, 5.74) is 2.87. The molecule has 0 bridgehead atoms. The average molecular weight is 371 g/mol. The predicted molar refractivity (Wildman–Crippen MR) is 105 cm³/mol. The van der Waals surface area contributed by atoms with E-state index >= 15 is 0 Å². The van der Waals surface area contributed by atoms with Gasteiger partial charge >= 0.3 is 0 Å². The van der Waals surface area contributed by atoms with Gasteiger partial charge in [-0.2, -0.15) is 0 Å². The average Bonchev–Trinajstić information content (AvgIpc) is 2.69. The Hall–Kier alpha value is -2.33. The Kier molecular flexibility index (Phi) is 5.94. The van der Waals surface area contributed by atoms with Gasteiger partial charge in [-0.1, -0.05) is 23.7 Å². The standard InChI is InChI=1S/C21H23ClN2O2/c1-23(14-16-2-6-19(22)7-3-16)21(26)18-10-12-24(13-11-18)20-8-4-17(15-25)5-9-20/h2-9,15,18H,10-14H2,1H3. The lowest BCUT2D eigenvalue weighted by Crippen LogP contribution is -2.41. The van der Waals surface area contributed by atoms with Gasteiger partial charge in [0.15, 0.2) is 0 Å². The summed E-state index contributed by atoms with van der Waals surface area (Å²) in [4.78, 5) is 27.6. The third-order valence-electron chi connectivity index (χ3n) is 4.95. The quantitative estimate of drug-likeness (QED) is 0.746. The molecule has 1 aliphatic heterocycles. The Morgan fingerprint density at radius 1 is 1.12 bits per heavy atom. The highest BCUT2D eigenvalue weighted by Crippen LogP contribution is 2.25. The minimum Gasteiger partial charge on any atom is -0.371 e. The van der Waals surface area contributed by atoms with Gasteiger partial charge in [-0.05, 0) is 54.8 Å². The molecular formula is C21H23ClN2O2. The van der Waals surface area contributed by atoms with Crippen LogP contribution in [0.15, 0.2) is 48.5 Å².